The Hall–Kier alpha value is -4.54. The Bertz CT molecular complexity index is 1580. The van der Waals surface area contributed by atoms with Gasteiger partial charge in [-0.15, -0.1) is 0 Å². The summed E-state index contributed by atoms with van der Waals surface area (Å²) in [5, 5.41) is 5.60. The Kier molecular flexibility index (Phi) is 8.61. The minimum atomic E-state index is -0.886. The monoisotopic (exact) mass is 583 g/mol. The Balaban J connectivity index is 1.51. The SMILES string of the molecule is COC(=O)C1=C(C)N(c2ccc(OC)c(Cl)c2)C(=O)/C1=C/c1ccc(CNC(=O)C(=O)Nc2cccc(Cl)c2)o1. The van der Waals surface area contributed by atoms with E-state index in [4.69, 9.17) is 37.1 Å². The van der Waals surface area contributed by atoms with Gasteiger partial charge in [-0.05, 0) is 61.5 Å². The number of anilines is 2. The molecule has 2 N–H and O–H groups in total. The maximum atomic E-state index is 13.5. The quantitative estimate of drug-likeness (QED) is 0.234. The average molecular weight is 584 g/mol. The van der Waals surface area contributed by atoms with E-state index < -0.39 is 23.7 Å². The number of nitrogens with one attached hydrogen (secondary N) is 2. The number of methoxy groups -OCH3 is 2. The second-order valence-electron chi connectivity index (χ2n) is 8.42. The Morgan fingerprint density at radius 1 is 1.02 bits per heavy atom. The van der Waals surface area contributed by atoms with Gasteiger partial charge in [-0.2, -0.15) is 0 Å². The summed E-state index contributed by atoms with van der Waals surface area (Å²) in [7, 11) is 2.69. The molecule has 1 aromatic heterocycles. The van der Waals surface area contributed by atoms with Crippen molar-refractivity contribution in [3.63, 3.8) is 0 Å². The highest BCUT2D eigenvalue weighted by atomic mass is 35.5. The fourth-order valence-corrected chi connectivity index (χ4v) is 4.44. The zero-order valence-electron chi connectivity index (χ0n) is 21.5. The standard InChI is InChI=1S/C28H23Cl2N3O7/c1-15-24(28(37)39-3)21(27(36)33(15)18-7-10-23(38-2)22(30)12-18)13-19-8-9-20(40-19)14-31-25(34)26(35)32-17-6-4-5-16(29)11-17/h4-13H,14H2,1-3H3,(H,31,34)(H,32,35)/b21-13+. The van der Waals surface area contributed by atoms with Crippen LogP contribution in [0.1, 0.15) is 18.4 Å². The van der Waals surface area contributed by atoms with E-state index in [0.29, 0.717) is 33.6 Å². The molecule has 0 spiro atoms. The maximum absolute atomic E-state index is 13.5. The van der Waals surface area contributed by atoms with Gasteiger partial charge in [0.15, 0.2) is 0 Å². The van der Waals surface area contributed by atoms with Gasteiger partial charge in [-0.3, -0.25) is 19.3 Å². The van der Waals surface area contributed by atoms with E-state index in [1.807, 2.05) is 0 Å². The van der Waals surface area contributed by atoms with Crippen LogP contribution in [-0.2, 0) is 30.5 Å². The molecule has 206 valence electrons. The van der Waals surface area contributed by atoms with Gasteiger partial charge in [0.1, 0.15) is 17.3 Å². The predicted molar refractivity (Wildman–Crippen MR) is 149 cm³/mol. The topological polar surface area (TPSA) is 127 Å². The third kappa shape index (κ3) is 6.03. The van der Waals surface area contributed by atoms with Gasteiger partial charge in [0.25, 0.3) is 5.91 Å². The van der Waals surface area contributed by atoms with Gasteiger partial charge in [0.05, 0.1) is 42.6 Å². The number of ether oxygens (including phenoxy) is 2. The van der Waals surface area contributed by atoms with Gasteiger partial charge in [-0.25, -0.2) is 4.79 Å². The van der Waals surface area contributed by atoms with Crippen molar-refractivity contribution >= 4 is 64.3 Å². The molecule has 12 heteroatoms. The van der Waals surface area contributed by atoms with Crippen LogP contribution in [0, 0.1) is 0 Å². The first kappa shape index (κ1) is 28.5. The third-order valence-corrected chi connectivity index (χ3v) is 6.39. The molecule has 0 radical (unpaired) electrons. The molecule has 40 heavy (non-hydrogen) atoms. The number of rotatable bonds is 7. The lowest BCUT2D eigenvalue weighted by molar-refractivity contribution is -0.136. The molecule has 0 saturated heterocycles. The van der Waals surface area contributed by atoms with Gasteiger partial charge in [0.2, 0.25) is 0 Å². The number of carbonyl (C=O) groups is 4. The summed E-state index contributed by atoms with van der Waals surface area (Å²) in [5.41, 5.74) is 1.24. The first-order chi connectivity index (χ1) is 19.1. The molecule has 1 aliphatic heterocycles. The van der Waals surface area contributed by atoms with E-state index in [9.17, 15) is 19.2 Å². The van der Waals surface area contributed by atoms with Crippen LogP contribution in [0.25, 0.3) is 6.08 Å². The predicted octanol–water partition coefficient (Wildman–Crippen LogP) is 4.73. The number of halogens is 2. The molecule has 0 fully saturated rings. The van der Waals surface area contributed by atoms with Crippen molar-refractivity contribution in [1.29, 1.82) is 0 Å². The van der Waals surface area contributed by atoms with Crippen molar-refractivity contribution in [1.82, 2.24) is 5.32 Å². The number of hydrogen-bond donors (Lipinski definition) is 2. The highest BCUT2D eigenvalue weighted by molar-refractivity contribution is 6.39. The zero-order valence-corrected chi connectivity index (χ0v) is 23.1. The summed E-state index contributed by atoms with van der Waals surface area (Å²) in [6.45, 7) is 1.51. The molecule has 4 rings (SSSR count). The molecular weight excluding hydrogens is 561 g/mol. The van der Waals surface area contributed by atoms with E-state index >= 15 is 0 Å². The molecule has 0 atom stereocenters. The molecular formula is C28H23Cl2N3O7. The first-order valence-corrected chi connectivity index (χ1v) is 12.5. The summed E-state index contributed by atoms with van der Waals surface area (Å²) in [5.74, 6) is -2.00. The molecule has 2 aromatic carbocycles. The van der Waals surface area contributed by atoms with Crippen LogP contribution in [-0.4, -0.2) is 37.9 Å². The molecule has 3 aromatic rings. The van der Waals surface area contributed by atoms with Crippen molar-refractivity contribution in [2.45, 2.75) is 13.5 Å². The summed E-state index contributed by atoms with van der Waals surface area (Å²) >= 11 is 12.1. The van der Waals surface area contributed by atoms with Crippen LogP contribution in [0.4, 0.5) is 11.4 Å². The van der Waals surface area contributed by atoms with Crippen molar-refractivity contribution in [2.24, 2.45) is 0 Å². The van der Waals surface area contributed by atoms with E-state index in [-0.39, 0.29) is 28.5 Å². The summed E-state index contributed by atoms with van der Waals surface area (Å²) in [6.07, 6.45) is 1.40. The van der Waals surface area contributed by atoms with Crippen LogP contribution < -0.4 is 20.3 Å². The minimum absolute atomic E-state index is 0.0436. The molecule has 1 aliphatic rings. The lowest BCUT2D eigenvalue weighted by atomic mass is 10.1. The van der Waals surface area contributed by atoms with Crippen molar-refractivity contribution in [3.05, 3.63) is 93.0 Å². The second-order valence-corrected chi connectivity index (χ2v) is 9.26. The number of allylic oxidation sites excluding steroid dienone is 1. The zero-order chi connectivity index (χ0) is 29.0. The number of hydrogen-bond acceptors (Lipinski definition) is 7. The normalized spacial score (nSPS) is 14.0. The van der Waals surface area contributed by atoms with Crippen molar-refractivity contribution < 1.29 is 33.1 Å². The largest absolute Gasteiger partial charge is 0.495 e. The van der Waals surface area contributed by atoms with Crippen LogP contribution in [0.3, 0.4) is 0 Å². The van der Waals surface area contributed by atoms with E-state index in [1.165, 1.54) is 31.3 Å². The van der Waals surface area contributed by atoms with Crippen molar-refractivity contribution in [2.75, 3.05) is 24.4 Å². The highest BCUT2D eigenvalue weighted by Crippen LogP contribution is 2.38. The average Bonchev–Trinajstić information content (AvgIpc) is 3.48. The number of nitrogens with zero attached hydrogens (tertiary/aromatic N) is 1. The molecule has 10 nitrogen and oxygen atoms in total. The van der Waals surface area contributed by atoms with Crippen LogP contribution in [0.15, 0.2) is 75.9 Å². The third-order valence-electron chi connectivity index (χ3n) is 5.86. The van der Waals surface area contributed by atoms with Crippen LogP contribution >= 0.6 is 23.2 Å². The summed E-state index contributed by atoms with van der Waals surface area (Å²) in [4.78, 5) is 51.8. The Morgan fingerprint density at radius 2 is 1.80 bits per heavy atom. The lowest BCUT2D eigenvalue weighted by Gasteiger charge is -2.18. The van der Waals surface area contributed by atoms with Gasteiger partial charge in [0, 0.05) is 16.4 Å². The minimum Gasteiger partial charge on any atom is -0.495 e. The fourth-order valence-electron chi connectivity index (χ4n) is 4.00. The smallest absolute Gasteiger partial charge is 0.340 e. The maximum Gasteiger partial charge on any atom is 0.340 e. The molecule has 2 heterocycles. The van der Waals surface area contributed by atoms with Crippen molar-refractivity contribution in [3.8, 4) is 5.75 Å². The highest BCUT2D eigenvalue weighted by Gasteiger charge is 2.38. The molecule has 3 amide bonds. The number of esters is 1. The number of amides is 3. The molecule has 0 bridgehead atoms. The molecule has 0 aliphatic carbocycles. The Morgan fingerprint density at radius 3 is 2.48 bits per heavy atom. The lowest BCUT2D eigenvalue weighted by Crippen LogP contribution is -2.34. The molecule has 0 saturated carbocycles. The van der Waals surface area contributed by atoms with E-state index in [1.54, 1.807) is 55.5 Å². The molecule has 0 unspecified atom stereocenters. The Labute approximate surface area is 239 Å². The number of carbonyl (C=O) groups excluding carboxylic acids is 4. The number of furan rings is 1. The van der Waals surface area contributed by atoms with E-state index in [2.05, 4.69) is 10.6 Å². The van der Waals surface area contributed by atoms with Crippen LogP contribution in [0.5, 0.6) is 5.75 Å². The number of benzene rings is 2. The van der Waals surface area contributed by atoms with Gasteiger partial charge >= 0.3 is 17.8 Å². The van der Waals surface area contributed by atoms with Gasteiger partial charge in [-0.1, -0.05) is 29.3 Å². The van der Waals surface area contributed by atoms with Gasteiger partial charge < -0.3 is 24.5 Å². The summed E-state index contributed by atoms with van der Waals surface area (Å²) < 4.78 is 15.8. The van der Waals surface area contributed by atoms with Crippen LogP contribution in [0.2, 0.25) is 10.0 Å². The fraction of sp³-hybridized carbons (Fsp3) is 0.143. The summed E-state index contributed by atoms with van der Waals surface area (Å²) in [6, 6.07) is 14.3. The second kappa shape index (κ2) is 12.1. The first-order valence-electron chi connectivity index (χ1n) is 11.8. The van der Waals surface area contributed by atoms with E-state index in [0.717, 1.165) is 0 Å².